The summed E-state index contributed by atoms with van der Waals surface area (Å²) in [6, 6.07) is 7.95. The van der Waals surface area contributed by atoms with Crippen LogP contribution < -0.4 is 15.9 Å². The highest BCUT2D eigenvalue weighted by Gasteiger charge is 2.25. The van der Waals surface area contributed by atoms with Gasteiger partial charge in [-0.05, 0) is 23.6 Å². The number of fused-ring (bicyclic) bond motifs is 1. The lowest BCUT2D eigenvalue weighted by molar-refractivity contribution is -0.118. The van der Waals surface area contributed by atoms with Crippen LogP contribution in [-0.2, 0) is 21.2 Å². The summed E-state index contributed by atoms with van der Waals surface area (Å²) in [5.41, 5.74) is 5.50. The summed E-state index contributed by atoms with van der Waals surface area (Å²) in [6.45, 7) is 0. The SMILES string of the molecule is NC(=O)c1sccc1S(=O)(=O)NC(=O)Cc1c[nH]c2ccccc2c1=O. The number of aromatic amines is 1. The fourth-order valence-electron chi connectivity index (χ4n) is 2.44. The maximum absolute atomic E-state index is 12.4. The van der Waals surface area contributed by atoms with Crippen LogP contribution in [0.4, 0.5) is 0 Å². The number of pyridine rings is 1. The first kappa shape index (κ1) is 17.8. The topological polar surface area (TPSA) is 139 Å². The monoisotopic (exact) mass is 391 g/mol. The zero-order chi connectivity index (χ0) is 18.9. The third kappa shape index (κ3) is 3.37. The van der Waals surface area contributed by atoms with E-state index in [-0.39, 0.29) is 20.8 Å². The van der Waals surface area contributed by atoms with Crippen LogP contribution in [-0.4, -0.2) is 25.2 Å². The molecule has 1 aromatic carbocycles. The van der Waals surface area contributed by atoms with E-state index in [9.17, 15) is 22.8 Å². The van der Waals surface area contributed by atoms with Crippen molar-refractivity contribution in [1.82, 2.24) is 9.71 Å². The number of aromatic nitrogens is 1. The number of carbonyl (C=O) groups is 2. The van der Waals surface area contributed by atoms with Crippen molar-refractivity contribution in [3.05, 3.63) is 62.6 Å². The minimum atomic E-state index is -4.27. The van der Waals surface area contributed by atoms with Crippen LogP contribution >= 0.6 is 11.3 Å². The van der Waals surface area contributed by atoms with Crippen molar-refractivity contribution < 1.29 is 18.0 Å². The molecule has 0 atom stereocenters. The molecule has 0 unspecified atom stereocenters. The Balaban J connectivity index is 1.85. The number of primary amides is 1. The molecule has 26 heavy (non-hydrogen) atoms. The molecule has 4 N–H and O–H groups in total. The number of para-hydroxylation sites is 1. The normalized spacial score (nSPS) is 11.4. The Morgan fingerprint density at radius 3 is 2.65 bits per heavy atom. The third-order valence-corrected chi connectivity index (χ3v) is 6.08. The standard InChI is InChI=1S/C16H13N3O5S2/c17-16(22)15-12(5-6-25-15)26(23,24)19-13(20)7-9-8-18-11-4-2-1-3-10(11)14(9)21/h1-6,8H,7H2,(H2,17,22)(H,18,21)(H,19,20). The van der Waals surface area contributed by atoms with Crippen molar-refractivity contribution in [2.24, 2.45) is 5.73 Å². The zero-order valence-corrected chi connectivity index (χ0v) is 14.8. The van der Waals surface area contributed by atoms with Gasteiger partial charge in [0.25, 0.3) is 15.9 Å². The van der Waals surface area contributed by atoms with Crippen molar-refractivity contribution in [2.45, 2.75) is 11.3 Å². The number of sulfonamides is 1. The predicted octanol–water partition coefficient (Wildman–Crippen LogP) is 0.736. The van der Waals surface area contributed by atoms with Crippen LogP contribution in [0.5, 0.6) is 0 Å². The Bertz CT molecular complexity index is 1180. The number of thiophene rings is 1. The number of hydrogen-bond donors (Lipinski definition) is 3. The Kier molecular flexibility index (Phi) is 4.62. The van der Waals surface area contributed by atoms with Crippen LogP contribution in [0.15, 0.2) is 51.6 Å². The number of nitrogens with one attached hydrogen (secondary N) is 2. The van der Waals surface area contributed by atoms with Crippen molar-refractivity contribution in [1.29, 1.82) is 0 Å². The summed E-state index contributed by atoms with van der Waals surface area (Å²) in [5, 5.41) is 1.78. The van der Waals surface area contributed by atoms with Crippen molar-refractivity contribution >= 4 is 44.1 Å². The second-order valence-electron chi connectivity index (χ2n) is 5.37. The molecule has 0 spiro atoms. The molecule has 8 nitrogen and oxygen atoms in total. The molecule has 0 aliphatic carbocycles. The average Bonchev–Trinajstić information content (AvgIpc) is 3.08. The smallest absolute Gasteiger partial charge is 0.265 e. The summed E-state index contributed by atoms with van der Waals surface area (Å²) in [7, 11) is -4.27. The van der Waals surface area contributed by atoms with Crippen LogP contribution in [0.3, 0.4) is 0 Å². The molecule has 0 saturated carbocycles. The lowest BCUT2D eigenvalue weighted by atomic mass is 10.1. The molecule has 0 aliphatic heterocycles. The van der Waals surface area contributed by atoms with Gasteiger partial charge in [0.15, 0.2) is 5.43 Å². The van der Waals surface area contributed by atoms with E-state index in [2.05, 4.69) is 4.98 Å². The maximum atomic E-state index is 12.4. The maximum Gasteiger partial charge on any atom is 0.265 e. The highest BCUT2D eigenvalue weighted by Crippen LogP contribution is 2.21. The lowest BCUT2D eigenvalue weighted by Crippen LogP contribution is -2.33. The minimum Gasteiger partial charge on any atom is -0.365 e. The molecule has 134 valence electrons. The zero-order valence-electron chi connectivity index (χ0n) is 13.2. The summed E-state index contributed by atoms with van der Waals surface area (Å²) in [4.78, 5) is 38.2. The molecular weight excluding hydrogens is 378 g/mol. The molecule has 3 aromatic rings. The van der Waals surface area contributed by atoms with Crippen LogP contribution in [0.1, 0.15) is 15.2 Å². The summed E-state index contributed by atoms with van der Waals surface area (Å²) in [5.74, 6) is -1.80. The molecule has 2 aromatic heterocycles. The number of rotatable bonds is 5. The molecular formula is C16H13N3O5S2. The Hall–Kier alpha value is -2.98. The van der Waals surface area contributed by atoms with Gasteiger partial charge in [0.1, 0.15) is 9.77 Å². The quantitative estimate of drug-likeness (QED) is 0.588. The Morgan fingerprint density at radius 2 is 1.92 bits per heavy atom. The van der Waals surface area contributed by atoms with E-state index in [1.165, 1.54) is 17.6 Å². The summed E-state index contributed by atoms with van der Waals surface area (Å²) < 4.78 is 26.5. The second-order valence-corrected chi connectivity index (χ2v) is 7.94. The van der Waals surface area contributed by atoms with Gasteiger partial charge >= 0.3 is 0 Å². The van der Waals surface area contributed by atoms with E-state index in [1.54, 1.807) is 24.3 Å². The van der Waals surface area contributed by atoms with Gasteiger partial charge in [0.2, 0.25) is 5.91 Å². The van der Waals surface area contributed by atoms with E-state index in [0.29, 0.717) is 10.9 Å². The Labute approximate surface area is 151 Å². The van der Waals surface area contributed by atoms with E-state index in [1.807, 2.05) is 4.72 Å². The summed E-state index contributed by atoms with van der Waals surface area (Å²) >= 11 is 0.859. The first-order valence-electron chi connectivity index (χ1n) is 7.32. The van der Waals surface area contributed by atoms with E-state index < -0.39 is 28.3 Å². The Morgan fingerprint density at radius 1 is 1.19 bits per heavy atom. The molecule has 0 aliphatic rings. The molecule has 2 heterocycles. The van der Waals surface area contributed by atoms with Crippen molar-refractivity contribution in [3.8, 4) is 0 Å². The minimum absolute atomic E-state index is 0.122. The largest absolute Gasteiger partial charge is 0.365 e. The van der Waals surface area contributed by atoms with Crippen LogP contribution in [0, 0.1) is 0 Å². The van der Waals surface area contributed by atoms with Crippen molar-refractivity contribution in [3.63, 3.8) is 0 Å². The van der Waals surface area contributed by atoms with Gasteiger partial charge in [0.05, 0.1) is 6.42 Å². The van der Waals surface area contributed by atoms with Crippen LogP contribution in [0.2, 0.25) is 0 Å². The number of hydrogen-bond acceptors (Lipinski definition) is 6. The van der Waals surface area contributed by atoms with Gasteiger partial charge in [-0.15, -0.1) is 11.3 Å². The number of nitrogens with two attached hydrogens (primary N) is 1. The van der Waals surface area contributed by atoms with E-state index in [4.69, 9.17) is 5.73 Å². The molecule has 10 heteroatoms. The van der Waals surface area contributed by atoms with Gasteiger partial charge in [-0.2, -0.15) is 0 Å². The van der Waals surface area contributed by atoms with Crippen molar-refractivity contribution in [2.75, 3.05) is 0 Å². The molecule has 0 saturated heterocycles. The van der Waals surface area contributed by atoms with Crippen LogP contribution in [0.25, 0.3) is 10.9 Å². The molecule has 0 fully saturated rings. The fraction of sp³-hybridized carbons (Fsp3) is 0.0625. The first-order chi connectivity index (χ1) is 12.3. The number of benzene rings is 1. The average molecular weight is 391 g/mol. The van der Waals surface area contributed by atoms with Gasteiger partial charge in [0, 0.05) is 22.7 Å². The molecule has 2 amide bonds. The molecule has 0 bridgehead atoms. The number of carbonyl (C=O) groups excluding carboxylic acids is 2. The number of amides is 2. The molecule has 0 radical (unpaired) electrons. The highest BCUT2D eigenvalue weighted by molar-refractivity contribution is 7.90. The van der Waals surface area contributed by atoms with E-state index >= 15 is 0 Å². The number of H-pyrrole nitrogens is 1. The fourth-order valence-corrected chi connectivity index (χ4v) is 4.72. The third-order valence-electron chi connectivity index (χ3n) is 3.61. The summed E-state index contributed by atoms with van der Waals surface area (Å²) in [6.07, 6.45) is 0.936. The molecule has 3 rings (SSSR count). The predicted molar refractivity (Wildman–Crippen MR) is 96.4 cm³/mol. The highest BCUT2D eigenvalue weighted by atomic mass is 32.2. The van der Waals surface area contributed by atoms with Gasteiger partial charge < -0.3 is 10.7 Å². The second kappa shape index (κ2) is 6.73. The first-order valence-corrected chi connectivity index (χ1v) is 9.68. The van der Waals surface area contributed by atoms with Gasteiger partial charge in [-0.25, -0.2) is 13.1 Å². The van der Waals surface area contributed by atoms with Gasteiger partial charge in [-0.3, -0.25) is 14.4 Å². The van der Waals surface area contributed by atoms with E-state index in [0.717, 1.165) is 11.3 Å². The lowest BCUT2D eigenvalue weighted by Gasteiger charge is -2.07. The van der Waals surface area contributed by atoms with Gasteiger partial charge in [-0.1, -0.05) is 12.1 Å².